The molecule has 222 valence electrons. The summed E-state index contributed by atoms with van der Waals surface area (Å²) in [6, 6.07) is 9.87. The predicted molar refractivity (Wildman–Crippen MR) is 161 cm³/mol. The van der Waals surface area contributed by atoms with Crippen LogP contribution in [0, 0.1) is 0 Å². The zero-order chi connectivity index (χ0) is 30.9. The fourth-order valence-electron chi connectivity index (χ4n) is 3.47. The summed E-state index contributed by atoms with van der Waals surface area (Å²) in [5.41, 5.74) is 7.91. The number of carbonyl (C=O) groups is 2. The first-order chi connectivity index (χ1) is 19.9. The maximum atomic E-state index is 12.9. The SMILES string of the molecule is CC.CC.CC.COC(=O)c1nn(C)cc1NC(=O)c1cccc(Cn2nc(-c3cnn(CCN)c3)ccc2=O)c1. The summed E-state index contributed by atoms with van der Waals surface area (Å²) in [4.78, 5) is 37.2. The first kappa shape index (κ1) is 34.4. The Morgan fingerprint density at radius 3 is 2.37 bits per heavy atom. The Balaban J connectivity index is 0.00000131. The molecule has 3 N–H and O–H groups in total. The third kappa shape index (κ3) is 9.53. The number of aryl methyl sites for hydroxylation is 1. The number of aromatic nitrogens is 6. The van der Waals surface area contributed by atoms with Gasteiger partial charge in [0.15, 0.2) is 5.69 Å². The predicted octanol–water partition coefficient (Wildman–Crippen LogP) is 3.96. The van der Waals surface area contributed by atoms with Crippen LogP contribution in [0.25, 0.3) is 11.3 Å². The highest BCUT2D eigenvalue weighted by atomic mass is 16.5. The molecule has 0 aliphatic carbocycles. The molecule has 12 nitrogen and oxygen atoms in total. The highest BCUT2D eigenvalue weighted by Crippen LogP contribution is 2.17. The van der Waals surface area contributed by atoms with E-state index in [2.05, 4.69) is 20.6 Å². The number of nitrogens with two attached hydrogens (primary N) is 1. The van der Waals surface area contributed by atoms with Gasteiger partial charge in [0.2, 0.25) is 0 Å². The molecule has 4 aromatic rings. The van der Waals surface area contributed by atoms with Gasteiger partial charge >= 0.3 is 5.97 Å². The number of methoxy groups -OCH3 is 1. The van der Waals surface area contributed by atoms with Crippen molar-refractivity contribution in [3.63, 3.8) is 0 Å². The van der Waals surface area contributed by atoms with Crippen molar-refractivity contribution >= 4 is 17.6 Å². The van der Waals surface area contributed by atoms with E-state index in [-0.39, 0.29) is 23.5 Å². The van der Waals surface area contributed by atoms with Gasteiger partial charge in [-0.15, -0.1) is 0 Å². The Morgan fingerprint density at radius 2 is 1.71 bits per heavy atom. The fraction of sp³-hybridized carbons (Fsp3) is 0.379. The van der Waals surface area contributed by atoms with Crippen LogP contribution in [0.15, 0.2) is 59.8 Å². The Bertz CT molecular complexity index is 1440. The van der Waals surface area contributed by atoms with Gasteiger partial charge in [0, 0.05) is 43.2 Å². The average Bonchev–Trinajstić information content (AvgIpc) is 3.63. The second-order valence-electron chi connectivity index (χ2n) is 7.71. The van der Waals surface area contributed by atoms with E-state index in [4.69, 9.17) is 10.5 Å². The second-order valence-corrected chi connectivity index (χ2v) is 7.71. The van der Waals surface area contributed by atoms with E-state index >= 15 is 0 Å². The number of anilines is 1. The summed E-state index contributed by atoms with van der Waals surface area (Å²) >= 11 is 0. The number of hydrogen-bond donors (Lipinski definition) is 2. The minimum absolute atomic E-state index is 0.00172. The van der Waals surface area contributed by atoms with Crippen molar-refractivity contribution < 1.29 is 14.3 Å². The van der Waals surface area contributed by atoms with Crippen molar-refractivity contribution in [1.82, 2.24) is 29.3 Å². The van der Waals surface area contributed by atoms with Crippen molar-refractivity contribution in [2.45, 2.75) is 54.6 Å². The molecule has 0 saturated heterocycles. The Kier molecular flexibility index (Phi) is 15.0. The zero-order valence-electron chi connectivity index (χ0n) is 25.2. The second kappa shape index (κ2) is 17.9. The van der Waals surface area contributed by atoms with Gasteiger partial charge in [0.25, 0.3) is 11.5 Å². The molecule has 1 aromatic carbocycles. The molecule has 0 aliphatic rings. The first-order valence-electron chi connectivity index (χ1n) is 13.7. The van der Waals surface area contributed by atoms with E-state index < -0.39 is 11.9 Å². The Labute approximate surface area is 241 Å². The quantitative estimate of drug-likeness (QED) is 0.304. The lowest BCUT2D eigenvalue weighted by Crippen LogP contribution is -2.23. The van der Waals surface area contributed by atoms with Gasteiger partial charge in [0.05, 0.1) is 37.8 Å². The van der Waals surface area contributed by atoms with Crippen LogP contribution in [-0.4, -0.2) is 54.9 Å². The normalized spacial score (nSPS) is 9.68. The topological polar surface area (TPSA) is 152 Å². The number of amides is 1. The summed E-state index contributed by atoms with van der Waals surface area (Å²) in [7, 11) is 2.87. The number of nitrogens with zero attached hydrogens (tertiary/aromatic N) is 6. The molecule has 0 saturated carbocycles. The molecule has 0 atom stereocenters. The van der Waals surface area contributed by atoms with Crippen LogP contribution in [0.1, 0.15) is 68.0 Å². The molecule has 12 heteroatoms. The fourth-order valence-corrected chi connectivity index (χ4v) is 3.47. The number of ether oxygens (including phenoxy) is 1. The van der Waals surface area contributed by atoms with Gasteiger partial charge in [-0.2, -0.15) is 15.3 Å². The number of hydrogen-bond acceptors (Lipinski definition) is 8. The molecule has 41 heavy (non-hydrogen) atoms. The highest BCUT2D eigenvalue weighted by Gasteiger charge is 2.19. The number of carbonyl (C=O) groups excluding carboxylic acids is 2. The number of benzene rings is 1. The Morgan fingerprint density at radius 1 is 1.00 bits per heavy atom. The maximum absolute atomic E-state index is 12.9. The van der Waals surface area contributed by atoms with E-state index in [0.29, 0.717) is 29.9 Å². The van der Waals surface area contributed by atoms with Crippen LogP contribution in [0.2, 0.25) is 0 Å². The summed E-state index contributed by atoms with van der Waals surface area (Å²) in [6.07, 6.45) is 4.99. The summed E-state index contributed by atoms with van der Waals surface area (Å²) in [5.74, 6) is -1.10. The van der Waals surface area contributed by atoms with Gasteiger partial charge in [-0.05, 0) is 23.8 Å². The number of rotatable bonds is 8. The molecule has 0 unspecified atom stereocenters. The number of nitrogens with one attached hydrogen (secondary N) is 1. The van der Waals surface area contributed by atoms with E-state index in [1.54, 1.807) is 48.3 Å². The summed E-state index contributed by atoms with van der Waals surface area (Å²) in [5, 5.41) is 15.4. The van der Waals surface area contributed by atoms with E-state index in [9.17, 15) is 14.4 Å². The monoisotopic (exact) mass is 566 g/mol. The van der Waals surface area contributed by atoms with Crippen molar-refractivity contribution in [2.24, 2.45) is 12.8 Å². The van der Waals surface area contributed by atoms with Gasteiger partial charge in [-0.3, -0.25) is 19.0 Å². The van der Waals surface area contributed by atoms with Crippen molar-refractivity contribution in [3.8, 4) is 11.3 Å². The molecule has 0 spiro atoms. The number of esters is 1. The third-order valence-corrected chi connectivity index (χ3v) is 5.13. The molecule has 3 heterocycles. The lowest BCUT2D eigenvalue weighted by atomic mass is 10.1. The van der Waals surface area contributed by atoms with Crippen LogP contribution in [0.4, 0.5) is 5.69 Å². The van der Waals surface area contributed by atoms with Crippen LogP contribution in [0.3, 0.4) is 0 Å². The van der Waals surface area contributed by atoms with E-state index in [1.165, 1.54) is 28.7 Å². The minimum Gasteiger partial charge on any atom is -0.464 e. The zero-order valence-corrected chi connectivity index (χ0v) is 25.2. The van der Waals surface area contributed by atoms with Crippen LogP contribution >= 0.6 is 0 Å². The van der Waals surface area contributed by atoms with Gasteiger partial charge in [-0.25, -0.2) is 9.48 Å². The van der Waals surface area contributed by atoms with Crippen LogP contribution in [0.5, 0.6) is 0 Å². The van der Waals surface area contributed by atoms with E-state index in [0.717, 1.165) is 5.56 Å². The molecule has 0 bridgehead atoms. The standard InChI is InChI=1S/C23H24N8O4.3C2H6/c1-29-14-19(21(28-29)23(34)35-2)26-22(33)16-5-3-4-15(10-16)12-31-20(32)7-6-18(27-31)17-11-25-30(13-17)9-8-24;3*1-2/h3-7,10-11,13-14H,8-9,12,24H2,1-2H3,(H,26,33);3*1-2H3. The highest BCUT2D eigenvalue weighted by molar-refractivity contribution is 6.07. The smallest absolute Gasteiger partial charge is 0.360 e. The minimum atomic E-state index is -0.659. The largest absolute Gasteiger partial charge is 0.464 e. The lowest BCUT2D eigenvalue weighted by molar-refractivity contribution is 0.0594. The maximum Gasteiger partial charge on any atom is 0.360 e. The van der Waals surface area contributed by atoms with Gasteiger partial charge in [0.1, 0.15) is 0 Å². The average molecular weight is 567 g/mol. The van der Waals surface area contributed by atoms with Crippen molar-refractivity contribution in [1.29, 1.82) is 0 Å². The Hall–Kier alpha value is -4.58. The molecule has 0 fully saturated rings. The van der Waals surface area contributed by atoms with Crippen molar-refractivity contribution in [2.75, 3.05) is 19.0 Å². The molecule has 1 amide bonds. The summed E-state index contributed by atoms with van der Waals surface area (Å²) < 4.78 is 9.15. The molecular formula is C29H42N8O4. The van der Waals surface area contributed by atoms with Gasteiger partial charge < -0.3 is 15.8 Å². The first-order valence-corrected chi connectivity index (χ1v) is 13.7. The van der Waals surface area contributed by atoms with Crippen LogP contribution in [-0.2, 0) is 24.9 Å². The van der Waals surface area contributed by atoms with Crippen molar-refractivity contribution in [3.05, 3.63) is 82.2 Å². The summed E-state index contributed by atoms with van der Waals surface area (Å²) in [6.45, 7) is 13.2. The van der Waals surface area contributed by atoms with E-state index in [1.807, 2.05) is 47.7 Å². The lowest BCUT2D eigenvalue weighted by Gasteiger charge is -2.09. The van der Waals surface area contributed by atoms with Gasteiger partial charge in [-0.1, -0.05) is 53.7 Å². The molecule has 0 aliphatic heterocycles. The van der Waals surface area contributed by atoms with Crippen LogP contribution < -0.4 is 16.6 Å². The molecular weight excluding hydrogens is 524 g/mol. The molecule has 3 aromatic heterocycles. The molecule has 4 rings (SSSR count). The third-order valence-electron chi connectivity index (χ3n) is 5.13. The molecule has 0 radical (unpaired) electrons.